The van der Waals surface area contributed by atoms with E-state index in [0.29, 0.717) is 12.1 Å². The molecule has 0 saturated carbocycles. The number of ether oxygens (including phenoxy) is 1. The van der Waals surface area contributed by atoms with E-state index in [1.165, 1.54) is 23.8 Å². The Labute approximate surface area is 177 Å². The van der Waals surface area contributed by atoms with Crippen molar-refractivity contribution in [3.05, 3.63) is 107 Å². The van der Waals surface area contributed by atoms with E-state index in [-0.39, 0.29) is 5.97 Å². The van der Waals surface area contributed by atoms with Gasteiger partial charge in [-0.2, -0.15) is 0 Å². The first-order valence-corrected chi connectivity index (χ1v) is 10.1. The van der Waals surface area contributed by atoms with Gasteiger partial charge in [0.15, 0.2) is 0 Å². The Morgan fingerprint density at radius 1 is 0.800 bits per heavy atom. The van der Waals surface area contributed by atoms with Crippen LogP contribution in [0.25, 0.3) is 22.5 Å². The Morgan fingerprint density at radius 2 is 1.37 bits per heavy atom. The Hall–Kier alpha value is -3.59. The van der Waals surface area contributed by atoms with Crippen LogP contribution in [-0.4, -0.2) is 17.6 Å². The molecule has 0 N–H and O–H groups in total. The van der Waals surface area contributed by atoms with Gasteiger partial charge >= 0.3 is 5.97 Å². The van der Waals surface area contributed by atoms with Crippen LogP contribution in [0.1, 0.15) is 27.0 Å². The number of carbonyl (C=O) groups excluding carboxylic acids is 1. The van der Waals surface area contributed by atoms with Crippen molar-refractivity contribution >= 4 is 5.97 Å². The molecule has 3 nitrogen and oxygen atoms in total. The molecule has 30 heavy (non-hydrogen) atoms. The summed E-state index contributed by atoms with van der Waals surface area (Å²) in [5.41, 5.74) is 8.07. The molecule has 1 aromatic heterocycles. The Balaban J connectivity index is 1.98. The molecule has 4 rings (SSSR count). The summed E-state index contributed by atoms with van der Waals surface area (Å²) in [7, 11) is 1.43. The van der Waals surface area contributed by atoms with E-state index in [1.807, 2.05) is 24.3 Å². The average Bonchev–Trinajstić information content (AvgIpc) is 3.14. The third-order valence-corrected chi connectivity index (χ3v) is 5.36. The van der Waals surface area contributed by atoms with Crippen LogP contribution in [0.4, 0.5) is 0 Å². The highest BCUT2D eigenvalue weighted by atomic mass is 16.5. The van der Waals surface area contributed by atoms with Crippen LogP contribution in [0.15, 0.2) is 84.9 Å². The first kappa shape index (κ1) is 19.7. The van der Waals surface area contributed by atoms with Gasteiger partial charge in [-0.25, -0.2) is 4.79 Å². The van der Waals surface area contributed by atoms with E-state index < -0.39 is 0 Å². The summed E-state index contributed by atoms with van der Waals surface area (Å²) >= 11 is 0. The smallest absolute Gasteiger partial charge is 0.340 e. The minimum absolute atomic E-state index is 0.328. The van der Waals surface area contributed by atoms with Gasteiger partial charge in [0.1, 0.15) is 0 Å². The fraction of sp³-hybridized carbons (Fsp3) is 0.148. The maximum absolute atomic E-state index is 12.7. The first-order chi connectivity index (χ1) is 14.6. The summed E-state index contributed by atoms with van der Waals surface area (Å²) in [5, 5.41) is 0. The molecule has 4 aromatic rings. The third kappa shape index (κ3) is 3.92. The molecule has 3 heteroatoms. The number of esters is 1. The second kappa shape index (κ2) is 8.42. The highest BCUT2D eigenvalue weighted by molar-refractivity contribution is 5.98. The number of aromatic nitrogens is 1. The van der Waals surface area contributed by atoms with E-state index in [1.54, 1.807) is 0 Å². The average molecular weight is 396 g/mol. The van der Waals surface area contributed by atoms with Gasteiger partial charge in [0.05, 0.1) is 18.4 Å². The Kier molecular flexibility index (Phi) is 5.53. The van der Waals surface area contributed by atoms with Crippen molar-refractivity contribution in [3.8, 4) is 22.5 Å². The number of nitrogens with zero attached hydrogens (tertiary/aromatic N) is 1. The monoisotopic (exact) mass is 395 g/mol. The van der Waals surface area contributed by atoms with Crippen molar-refractivity contribution < 1.29 is 9.53 Å². The molecule has 1 heterocycles. The molecule has 0 unspecified atom stereocenters. The van der Waals surface area contributed by atoms with Crippen LogP contribution >= 0.6 is 0 Å². The summed E-state index contributed by atoms with van der Waals surface area (Å²) < 4.78 is 7.36. The predicted octanol–water partition coefficient (Wildman–Crippen LogP) is 6.27. The SMILES string of the molecule is COC(=O)c1cc(-c2ccc(C)cc2)n(Cc2ccccc2)c1-c1ccc(C)cc1. The zero-order chi connectivity index (χ0) is 21.1. The van der Waals surface area contributed by atoms with Crippen LogP contribution < -0.4 is 0 Å². The summed E-state index contributed by atoms with van der Waals surface area (Å²) in [6.07, 6.45) is 0. The van der Waals surface area contributed by atoms with Gasteiger partial charge in [0, 0.05) is 12.2 Å². The molecule has 0 amide bonds. The highest BCUT2D eigenvalue weighted by Gasteiger charge is 2.23. The molecular weight excluding hydrogens is 370 g/mol. The lowest BCUT2D eigenvalue weighted by atomic mass is 10.1. The summed E-state index contributed by atoms with van der Waals surface area (Å²) in [6.45, 7) is 4.79. The normalized spacial score (nSPS) is 10.8. The third-order valence-electron chi connectivity index (χ3n) is 5.36. The largest absolute Gasteiger partial charge is 0.465 e. The van der Waals surface area contributed by atoms with E-state index in [4.69, 9.17) is 4.74 Å². The van der Waals surface area contributed by atoms with Crippen molar-refractivity contribution in [2.24, 2.45) is 0 Å². The Bertz CT molecular complexity index is 1150. The summed E-state index contributed by atoms with van der Waals surface area (Å²) in [5.74, 6) is -0.328. The van der Waals surface area contributed by atoms with Crippen molar-refractivity contribution in [2.45, 2.75) is 20.4 Å². The van der Waals surface area contributed by atoms with Crippen molar-refractivity contribution in [1.82, 2.24) is 4.57 Å². The topological polar surface area (TPSA) is 31.2 Å². The van der Waals surface area contributed by atoms with Crippen LogP contribution in [0.2, 0.25) is 0 Å². The fourth-order valence-corrected chi connectivity index (χ4v) is 3.73. The Morgan fingerprint density at radius 3 is 1.93 bits per heavy atom. The van der Waals surface area contributed by atoms with E-state index in [0.717, 1.165) is 22.5 Å². The lowest BCUT2D eigenvalue weighted by molar-refractivity contribution is 0.0601. The van der Waals surface area contributed by atoms with Gasteiger partial charge in [0.2, 0.25) is 0 Å². The lowest BCUT2D eigenvalue weighted by Crippen LogP contribution is -2.07. The first-order valence-electron chi connectivity index (χ1n) is 10.1. The van der Waals surface area contributed by atoms with Crippen LogP contribution in [-0.2, 0) is 11.3 Å². The number of carbonyl (C=O) groups is 1. The van der Waals surface area contributed by atoms with Gasteiger partial charge in [-0.3, -0.25) is 0 Å². The van der Waals surface area contributed by atoms with Gasteiger partial charge in [-0.05, 0) is 36.6 Å². The second-order valence-corrected chi connectivity index (χ2v) is 7.59. The molecule has 0 radical (unpaired) electrons. The van der Waals surface area contributed by atoms with Crippen molar-refractivity contribution in [1.29, 1.82) is 0 Å². The predicted molar refractivity (Wildman–Crippen MR) is 122 cm³/mol. The summed E-state index contributed by atoms with van der Waals surface area (Å²) in [4.78, 5) is 12.7. The van der Waals surface area contributed by atoms with Gasteiger partial charge in [-0.1, -0.05) is 90.0 Å². The molecule has 150 valence electrons. The minimum atomic E-state index is -0.328. The van der Waals surface area contributed by atoms with Crippen molar-refractivity contribution in [3.63, 3.8) is 0 Å². The van der Waals surface area contributed by atoms with E-state index in [9.17, 15) is 4.79 Å². The number of hydrogen-bond acceptors (Lipinski definition) is 2. The van der Waals surface area contributed by atoms with Crippen LogP contribution in [0.3, 0.4) is 0 Å². The fourth-order valence-electron chi connectivity index (χ4n) is 3.73. The molecule has 0 aliphatic carbocycles. The molecule has 0 aliphatic rings. The van der Waals surface area contributed by atoms with E-state index in [2.05, 4.69) is 79.1 Å². The molecule has 0 aliphatic heterocycles. The minimum Gasteiger partial charge on any atom is -0.465 e. The highest BCUT2D eigenvalue weighted by Crippen LogP contribution is 2.34. The second-order valence-electron chi connectivity index (χ2n) is 7.59. The van der Waals surface area contributed by atoms with Crippen molar-refractivity contribution in [2.75, 3.05) is 7.11 Å². The molecule has 0 fully saturated rings. The van der Waals surface area contributed by atoms with Crippen LogP contribution in [0, 0.1) is 13.8 Å². The molecular formula is C27H25NO2. The zero-order valence-corrected chi connectivity index (χ0v) is 17.6. The molecule has 3 aromatic carbocycles. The van der Waals surface area contributed by atoms with Gasteiger partial charge in [0.25, 0.3) is 0 Å². The maximum Gasteiger partial charge on any atom is 0.340 e. The lowest BCUT2D eigenvalue weighted by Gasteiger charge is -2.15. The summed E-state index contributed by atoms with van der Waals surface area (Å²) in [6, 6.07) is 28.9. The van der Waals surface area contributed by atoms with Gasteiger partial charge < -0.3 is 9.30 Å². The standard InChI is InChI=1S/C27H25NO2/c1-19-9-13-22(14-10-19)25-17-24(27(29)30-3)26(23-15-11-20(2)12-16-23)28(25)18-21-7-5-4-6-8-21/h4-17H,18H2,1-3H3. The molecule has 0 atom stereocenters. The quantitative estimate of drug-likeness (QED) is 0.373. The number of methoxy groups -OCH3 is 1. The van der Waals surface area contributed by atoms with E-state index >= 15 is 0 Å². The van der Waals surface area contributed by atoms with Crippen LogP contribution in [0.5, 0.6) is 0 Å². The number of hydrogen-bond donors (Lipinski definition) is 0. The number of rotatable bonds is 5. The molecule has 0 spiro atoms. The molecule has 0 saturated heterocycles. The zero-order valence-electron chi connectivity index (χ0n) is 17.6. The number of aryl methyl sites for hydroxylation is 2. The molecule has 0 bridgehead atoms. The maximum atomic E-state index is 12.7. The number of benzene rings is 3. The van der Waals surface area contributed by atoms with Gasteiger partial charge in [-0.15, -0.1) is 0 Å².